The van der Waals surface area contributed by atoms with Gasteiger partial charge in [0.2, 0.25) is 5.91 Å². The van der Waals surface area contributed by atoms with Crippen LogP contribution in [0.1, 0.15) is 99.8 Å². The average Bonchev–Trinajstić information content (AvgIpc) is 1.59. The van der Waals surface area contributed by atoms with Crippen LogP contribution in [0.15, 0.2) is 91.6 Å². The number of hydrogen-bond acceptors (Lipinski definition) is 18. The smallest absolute Gasteiger partial charge is 0.435 e. The number of anilines is 1. The van der Waals surface area contributed by atoms with Crippen molar-refractivity contribution in [2.45, 2.75) is 64.4 Å². The molecule has 526 valence electrons. The Bertz CT molecular complexity index is 4510. The third kappa shape index (κ3) is 15.7. The molecule has 2 aromatic carbocycles. The second kappa shape index (κ2) is 28.6. The van der Waals surface area contributed by atoms with Gasteiger partial charge in [0.1, 0.15) is 18.0 Å². The van der Waals surface area contributed by atoms with Crippen LogP contribution in [0, 0.1) is 32.1 Å². The Morgan fingerprint density at radius 2 is 1.11 bits per heavy atom. The molecule has 0 saturated carbocycles. The van der Waals surface area contributed by atoms with E-state index in [-0.39, 0.29) is 120 Å². The third-order valence-electron chi connectivity index (χ3n) is 16.8. The number of ether oxygens (including phenoxy) is 1. The molecule has 0 bridgehead atoms. The summed E-state index contributed by atoms with van der Waals surface area (Å²) >= 11 is 13.1. The van der Waals surface area contributed by atoms with Gasteiger partial charge in [-0.1, -0.05) is 29.3 Å². The minimum atomic E-state index is -4.99. The number of aromatic nitrogens is 10. The number of hydrogen-bond donors (Lipinski definition) is 2. The minimum Gasteiger partial charge on any atom is -0.460 e. The molecule has 5 amide bonds. The molecule has 3 aliphatic heterocycles. The molecule has 37 heteroatoms. The van der Waals surface area contributed by atoms with Crippen molar-refractivity contribution >= 4 is 75.8 Å². The largest absolute Gasteiger partial charge is 0.460 e. The zero-order valence-corrected chi connectivity index (χ0v) is 55.6. The number of piperazine rings is 1. The Hall–Kier alpha value is -10.7. The number of piperidine rings is 2. The summed E-state index contributed by atoms with van der Waals surface area (Å²) in [6.45, 7) is 9.71. The van der Waals surface area contributed by atoms with E-state index in [0.29, 0.717) is 65.0 Å². The first-order valence-electron chi connectivity index (χ1n) is 30.7. The van der Waals surface area contributed by atoms with Crippen molar-refractivity contribution in [3.63, 3.8) is 0 Å². The number of carbonyl (C=O) groups is 6. The first kappa shape index (κ1) is 72.1. The fourth-order valence-electron chi connectivity index (χ4n) is 11.6. The second-order valence-electron chi connectivity index (χ2n) is 24.7. The molecule has 0 aliphatic carbocycles. The summed E-state index contributed by atoms with van der Waals surface area (Å²) < 4.78 is 94.7. The molecule has 0 spiro atoms. The van der Waals surface area contributed by atoms with Crippen LogP contribution in [0.25, 0.3) is 45.4 Å². The number of nitro groups is 2. The van der Waals surface area contributed by atoms with Gasteiger partial charge in [0, 0.05) is 108 Å². The van der Waals surface area contributed by atoms with E-state index >= 15 is 0 Å². The molecule has 0 unspecified atom stereocenters. The number of likely N-dealkylation sites (tertiary alicyclic amines) is 2. The lowest BCUT2D eigenvalue weighted by atomic mass is 9.94. The van der Waals surface area contributed by atoms with Crippen molar-refractivity contribution in [3.8, 4) is 45.4 Å². The number of alkyl halides is 6. The highest BCUT2D eigenvalue weighted by Crippen LogP contribution is 2.43. The number of nitrogens with one attached hydrogen (secondary N) is 1. The number of primary amides is 1. The van der Waals surface area contributed by atoms with Crippen molar-refractivity contribution < 1.29 is 69.7 Å². The molecule has 29 nitrogen and oxygen atoms in total. The van der Waals surface area contributed by atoms with Gasteiger partial charge in [0.15, 0.2) is 34.7 Å². The normalized spacial score (nSPS) is 15.1. The highest BCUT2D eigenvalue weighted by molar-refractivity contribution is 6.34. The highest BCUT2D eigenvalue weighted by atomic mass is 35.5. The molecule has 0 radical (unpaired) electrons. The molecule has 8 aromatic rings. The van der Waals surface area contributed by atoms with Crippen LogP contribution in [0.5, 0.6) is 0 Å². The number of esters is 1. The van der Waals surface area contributed by atoms with E-state index in [4.69, 9.17) is 33.7 Å². The zero-order chi connectivity index (χ0) is 72.6. The molecule has 100 heavy (non-hydrogen) atoms. The van der Waals surface area contributed by atoms with Crippen LogP contribution in [0.4, 0.5) is 43.4 Å². The predicted molar refractivity (Wildman–Crippen MR) is 346 cm³/mol. The lowest BCUT2D eigenvalue weighted by molar-refractivity contribution is -0.385. The van der Waals surface area contributed by atoms with E-state index in [1.807, 2.05) is 11.9 Å². The molecule has 3 N–H and O–H groups in total. The molecule has 0 atom stereocenters. The number of benzene rings is 2. The van der Waals surface area contributed by atoms with E-state index < -0.39 is 62.1 Å². The molecule has 3 fully saturated rings. The van der Waals surface area contributed by atoms with Crippen LogP contribution in [-0.2, 0) is 40.8 Å². The van der Waals surface area contributed by atoms with Gasteiger partial charge >= 0.3 is 18.3 Å². The average molecular weight is 1430 g/mol. The van der Waals surface area contributed by atoms with Crippen molar-refractivity contribution in [2.24, 2.45) is 31.7 Å². The first-order chi connectivity index (χ1) is 47.1. The monoisotopic (exact) mass is 1430 g/mol. The maximum absolute atomic E-state index is 14.4. The Morgan fingerprint density at radius 1 is 0.610 bits per heavy atom. The fraction of sp³-hybridized carbons (Fsp3) is 0.365. The fourth-order valence-corrected chi connectivity index (χ4v) is 12.1. The molecule has 3 aliphatic rings. The number of likely N-dealkylation sites (N-methyl/N-ethyl adjacent to an activating group) is 1. The Kier molecular flexibility index (Phi) is 20.6. The number of halogens is 8. The number of nitrogens with two attached hydrogens (primary N) is 1. The lowest BCUT2D eigenvalue weighted by Crippen LogP contribution is -2.51. The third-order valence-corrected chi connectivity index (χ3v) is 17.4. The maximum Gasteiger partial charge on any atom is 0.435 e. The Morgan fingerprint density at radius 3 is 1.58 bits per heavy atom. The molecule has 6 aromatic heterocycles. The molecule has 3 saturated heterocycles. The van der Waals surface area contributed by atoms with E-state index in [2.05, 4.69) is 40.3 Å². The SMILES string of the molecule is CN1CCN(C(=O)C2CCN(C(=O)c3ccc(-c4nc(C(N)=O)n(C)c4-c4cn(-c5ccc([N+](=O)[O-])cn5)nc4C(F)(F)F)cc3Cl)CC2)CC1.Cn1c(-c2cn(-c3ccc([N+](=O)[O-])cn3)nc2C(F)(F)F)cnc1C(=O)Nc1ccc(C(=O)N2CCC(C(=O)OC(C)(C)C)CC2)c(Cl)c1. The number of imidazole rings is 2. The standard InChI is InChI=1S/C32H32ClF3N10O5.C31H30ClF3N8O6/c1-41-11-13-44(14-12-41)30(48)18-7-9-43(10-8-18)31(49)21-5-3-19(15-23(21)33)25-26(42(2)29(39-25)28(37)47)22-17-45(40-27(22)32(34,35)36)24-6-4-20(16-38-24)46(50)51;1-30(2,3)49-29(46)17-9-11-41(12-10-17)28(45)20-7-5-18(13-22(20)32)38-27(44)26-37-15-23(40(26)4)21-16-42(39-25(21)31(33,34)35)24-8-6-19(14-36-24)43(47)48/h3-6,15-18H,7-14H2,1-2H3,(H2,37,47);5-8,13-17H,9-12H2,1-4H3,(H,38,44). The summed E-state index contributed by atoms with van der Waals surface area (Å²) in [6.07, 6.45) is -3.11. The van der Waals surface area contributed by atoms with E-state index in [9.17, 15) is 75.3 Å². The van der Waals surface area contributed by atoms with Gasteiger partial charge in [0.25, 0.3) is 35.0 Å². The van der Waals surface area contributed by atoms with Crippen molar-refractivity contribution in [1.29, 1.82) is 0 Å². The maximum atomic E-state index is 14.4. The lowest BCUT2D eigenvalue weighted by Gasteiger charge is -2.37. The van der Waals surface area contributed by atoms with Crippen LogP contribution in [-0.4, -0.2) is 179 Å². The molecular weight excluding hydrogens is 1370 g/mol. The summed E-state index contributed by atoms with van der Waals surface area (Å²) in [5.41, 5.74) is 0.980. The Balaban J connectivity index is 0.000000216. The highest BCUT2D eigenvalue weighted by Gasteiger charge is 2.42. The summed E-state index contributed by atoms with van der Waals surface area (Å²) in [4.78, 5) is 122. The Labute approximate surface area is 573 Å². The minimum absolute atomic E-state index is 0.00724. The second-order valence-corrected chi connectivity index (χ2v) is 25.5. The van der Waals surface area contributed by atoms with Crippen LogP contribution < -0.4 is 11.1 Å². The zero-order valence-electron chi connectivity index (χ0n) is 54.0. The van der Waals surface area contributed by atoms with E-state index in [1.165, 1.54) is 50.5 Å². The number of carbonyl (C=O) groups excluding carboxylic acids is 6. The van der Waals surface area contributed by atoms with E-state index in [0.717, 1.165) is 86.8 Å². The topological polar surface area (TPSA) is 346 Å². The predicted octanol–water partition coefficient (Wildman–Crippen LogP) is 9.33. The molecule has 11 rings (SSSR count). The van der Waals surface area contributed by atoms with Crippen molar-refractivity contribution in [3.05, 3.63) is 156 Å². The summed E-state index contributed by atoms with van der Waals surface area (Å²) in [5, 5.41) is 31.9. The van der Waals surface area contributed by atoms with Crippen LogP contribution in [0.3, 0.4) is 0 Å². The van der Waals surface area contributed by atoms with Gasteiger partial charge in [-0.15, -0.1) is 0 Å². The van der Waals surface area contributed by atoms with Crippen molar-refractivity contribution in [1.82, 2.24) is 68.2 Å². The van der Waals surface area contributed by atoms with Crippen LogP contribution in [0.2, 0.25) is 10.0 Å². The number of rotatable bonds is 14. The van der Waals surface area contributed by atoms with Crippen LogP contribution >= 0.6 is 23.2 Å². The summed E-state index contributed by atoms with van der Waals surface area (Å²) in [7, 11) is 4.67. The van der Waals surface area contributed by atoms with E-state index in [1.54, 1.807) is 30.6 Å². The summed E-state index contributed by atoms with van der Waals surface area (Å²) in [6, 6.07) is 12.9. The van der Waals surface area contributed by atoms with Gasteiger partial charge in [-0.05, 0) is 96.0 Å². The number of pyridine rings is 2. The van der Waals surface area contributed by atoms with Gasteiger partial charge in [0.05, 0.1) is 71.3 Å². The van der Waals surface area contributed by atoms with Gasteiger partial charge in [-0.25, -0.2) is 29.3 Å². The first-order valence-corrected chi connectivity index (χ1v) is 31.5. The molecular formula is C63H62Cl2F6N18O11. The number of nitrogens with zero attached hydrogens (tertiary/aromatic N) is 16. The van der Waals surface area contributed by atoms with Gasteiger partial charge in [-0.2, -0.15) is 36.5 Å². The van der Waals surface area contributed by atoms with Crippen molar-refractivity contribution in [2.75, 3.05) is 64.7 Å². The summed E-state index contributed by atoms with van der Waals surface area (Å²) in [5.74, 6) is -4.05. The quantitative estimate of drug-likeness (QED) is 0.0443. The number of amides is 5. The molecule has 9 heterocycles. The van der Waals surface area contributed by atoms with Gasteiger partial charge < -0.3 is 44.5 Å². The van der Waals surface area contributed by atoms with Gasteiger partial charge in [-0.3, -0.25) is 49.0 Å².